The summed E-state index contributed by atoms with van der Waals surface area (Å²) in [5, 5.41) is 13.4. The average molecular weight is 242 g/mol. The third-order valence-corrected chi connectivity index (χ3v) is 3.38. The first-order chi connectivity index (χ1) is 8.66. The van der Waals surface area contributed by atoms with Crippen LogP contribution in [0, 0.1) is 6.92 Å². The van der Waals surface area contributed by atoms with Gasteiger partial charge in [0, 0.05) is 36.2 Å². The van der Waals surface area contributed by atoms with Gasteiger partial charge >= 0.3 is 5.97 Å². The van der Waals surface area contributed by atoms with E-state index in [1.807, 2.05) is 25.1 Å². The van der Waals surface area contributed by atoms with Crippen LogP contribution in [0.5, 0.6) is 0 Å². The van der Waals surface area contributed by atoms with Gasteiger partial charge in [-0.15, -0.1) is 0 Å². The van der Waals surface area contributed by atoms with E-state index in [4.69, 9.17) is 0 Å². The summed E-state index contributed by atoms with van der Waals surface area (Å²) in [4.78, 5) is 16.1. The number of aryl methyl sites for hydroxylation is 1. The lowest BCUT2D eigenvalue weighted by atomic mass is 9.96. The molecule has 1 aliphatic heterocycles. The quantitative estimate of drug-likeness (QED) is 0.801. The van der Waals surface area contributed by atoms with Gasteiger partial charge in [-0.1, -0.05) is 11.6 Å². The Morgan fingerprint density at radius 1 is 1.44 bits per heavy atom. The second-order valence-electron chi connectivity index (χ2n) is 4.66. The van der Waals surface area contributed by atoms with Crippen molar-refractivity contribution < 1.29 is 9.90 Å². The summed E-state index contributed by atoms with van der Waals surface area (Å²) in [6.07, 6.45) is 0.791. The van der Waals surface area contributed by atoms with Crippen molar-refractivity contribution in [1.29, 1.82) is 0 Å². The molecule has 0 spiro atoms. The first-order valence-corrected chi connectivity index (χ1v) is 6.03. The van der Waals surface area contributed by atoms with Crippen molar-refractivity contribution in [2.24, 2.45) is 0 Å². The number of rotatable bonds is 1. The number of benzene rings is 1. The van der Waals surface area contributed by atoms with Crippen molar-refractivity contribution in [3.63, 3.8) is 0 Å². The van der Waals surface area contributed by atoms with Gasteiger partial charge in [0.15, 0.2) is 0 Å². The molecule has 0 aliphatic carbocycles. The van der Waals surface area contributed by atoms with Crippen LogP contribution in [0.15, 0.2) is 18.2 Å². The zero-order valence-electron chi connectivity index (χ0n) is 10.2. The SMILES string of the molecule is Cc1ccc2nc3c(c(C(=O)O)c2c1)CNCC3. The summed E-state index contributed by atoms with van der Waals surface area (Å²) in [6.45, 7) is 3.41. The summed E-state index contributed by atoms with van der Waals surface area (Å²) in [5.41, 5.74) is 3.99. The highest BCUT2D eigenvalue weighted by molar-refractivity contribution is 6.04. The highest BCUT2D eigenvalue weighted by Crippen LogP contribution is 2.26. The molecule has 1 aromatic heterocycles. The van der Waals surface area contributed by atoms with E-state index in [1.54, 1.807) is 0 Å². The number of fused-ring (bicyclic) bond motifs is 2. The minimum atomic E-state index is -0.868. The number of aromatic carboxylic acids is 1. The van der Waals surface area contributed by atoms with E-state index < -0.39 is 5.97 Å². The van der Waals surface area contributed by atoms with Crippen LogP contribution in [0.3, 0.4) is 0 Å². The first kappa shape index (κ1) is 11.2. The average Bonchev–Trinajstić information content (AvgIpc) is 2.35. The second-order valence-corrected chi connectivity index (χ2v) is 4.66. The molecule has 0 radical (unpaired) electrons. The smallest absolute Gasteiger partial charge is 0.336 e. The van der Waals surface area contributed by atoms with Crippen molar-refractivity contribution in [3.05, 3.63) is 40.6 Å². The lowest BCUT2D eigenvalue weighted by Gasteiger charge is -2.19. The predicted octanol–water partition coefficient (Wildman–Crippen LogP) is 1.89. The molecule has 4 nitrogen and oxygen atoms in total. The first-order valence-electron chi connectivity index (χ1n) is 6.03. The molecular formula is C14H14N2O2. The van der Waals surface area contributed by atoms with E-state index in [1.165, 1.54) is 0 Å². The number of nitrogens with one attached hydrogen (secondary N) is 1. The van der Waals surface area contributed by atoms with Crippen LogP contribution in [0.4, 0.5) is 0 Å². The van der Waals surface area contributed by atoms with Gasteiger partial charge in [0.25, 0.3) is 0 Å². The Kier molecular flexibility index (Phi) is 2.52. The lowest BCUT2D eigenvalue weighted by molar-refractivity contribution is 0.0697. The van der Waals surface area contributed by atoms with Crippen molar-refractivity contribution in [1.82, 2.24) is 10.3 Å². The van der Waals surface area contributed by atoms with Crippen LogP contribution in [-0.4, -0.2) is 22.6 Å². The normalized spacial score (nSPS) is 14.5. The maximum atomic E-state index is 11.5. The van der Waals surface area contributed by atoms with Crippen LogP contribution in [0.25, 0.3) is 10.9 Å². The maximum absolute atomic E-state index is 11.5. The molecule has 1 aromatic carbocycles. The van der Waals surface area contributed by atoms with Crippen LogP contribution >= 0.6 is 0 Å². The van der Waals surface area contributed by atoms with Gasteiger partial charge in [0.1, 0.15) is 0 Å². The van der Waals surface area contributed by atoms with E-state index in [0.29, 0.717) is 12.1 Å². The molecule has 0 saturated heterocycles. The van der Waals surface area contributed by atoms with E-state index in [-0.39, 0.29) is 0 Å². The van der Waals surface area contributed by atoms with Gasteiger partial charge in [0.05, 0.1) is 11.1 Å². The number of hydrogen-bond donors (Lipinski definition) is 2. The Morgan fingerprint density at radius 3 is 3.06 bits per heavy atom. The topological polar surface area (TPSA) is 62.2 Å². The molecule has 1 aliphatic rings. The Labute approximate surface area is 105 Å². The molecule has 0 amide bonds. The molecule has 18 heavy (non-hydrogen) atoms. The van der Waals surface area contributed by atoms with Crippen LogP contribution in [-0.2, 0) is 13.0 Å². The molecule has 4 heteroatoms. The Balaban J connectivity index is 2.41. The monoisotopic (exact) mass is 242 g/mol. The van der Waals surface area contributed by atoms with E-state index in [9.17, 15) is 9.90 Å². The molecule has 2 heterocycles. The molecule has 92 valence electrons. The van der Waals surface area contributed by atoms with Gasteiger partial charge in [0.2, 0.25) is 0 Å². The third-order valence-electron chi connectivity index (χ3n) is 3.38. The van der Waals surface area contributed by atoms with Gasteiger partial charge in [-0.3, -0.25) is 4.98 Å². The Bertz CT molecular complexity index is 650. The Morgan fingerprint density at radius 2 is 2.28 bits per heavy atom. The van der Waals surface area contributed by atoms with E-state index >= 15 is 0 Å². The van der Waals surface area contributed by atoms with Crippen molar-refractivity contribution >= 4 is 16.9 Å². The molecule has 0 saturated carbocycles. The fraction of sp³-hybridized carbons (Fsp3) is 0.286. The standard InChI is InChI=1S/C14H14N2O2/c1-8-2-3-11-9(6-8)13(14(17)18)10-7-15-5-4-12(10)16-11/h2-3,6,15H,4-5,7H2,1H3,(H,17,18). The molecule has 0 bridgehead atoms. The fourth-order valence-electron chi connectivity index (χ4n) is 2.53. The van der Waals surface area contributed by atoms with Gasteiger partial charge in [-0.25, -0.2) is 4.79 Å². The molecule has 0 atom stereocenters. The number of hydrogen-bond acceptors (Lipinski definition) is 3. The van der Waals surface area contributed by atoms with Crippen molar-refractivity contribution in [2.45, 2.75) is 19.9 Å². The number of nitrogens with zero attached hydrogens (tertiary/aromatic N) is 1. The summed E-state index contributed by atoms with van der Waals surface area (Å²) < 4.78 is 0. The predicted molar refractivity (Wildman–Crippen MR) is 68.9 cm³/mol. The summed E-state index contributed by atoms with van der Waals surface area (Å²) in [6, 6.07) is 5.77. The number of pyridine rings is 1. The van der Waals surface area contributed by atoms with Gasteiger partial charge < -0.3 is 10.4 Å². The van der Waals surface area contributed by atoms with E-state index in [2.05, 4.69) is 10.3 Å². The summed E-state index contributed by atoms with van der Waals surface area (Å²) >= 11 is 0. The molecule has 3 rings (SSSR count). The van der Waals surface area contributed by atoms with Crippen molar-refractivity contribution in [2.75, 3.05) is 6.54 Å². The minimum Gasteiger partial charge on any atom is -0.478 e. The van der Waals surface area contributed by atoms with Crippen LogP contribution < -0.4 is 5.32 Å². The number of carboxylic acids is 1. The second kappa shape index (κ2) is 4.07. The van der Waals surface area contributed by atoms with Crippen LogP contribution in [0.2, 0.25) is 0 Å². The zero-order valence-corrected chi connectivity index (χ0v) is 10.2. The molecule has 0 fully saturated rings. The molecular weight excluding hydrogens is 228 g/mol. The highest BCUT2D eigenvalue weighted by Gasteiger charge is 2.21. The minimum absolute atomic E-state index is 0.408. The molecule has 2 N–H and O–H groups in total. The van der Waals surface area contributed by atoms with Gasteiger partial charge in [-0.05, 0) is 19.1 Å². The third kappa shape index (κ3) is 1.66. The molecule has 2 aromatic rings. The summed E-state index contributed by atoms with van der Waals surface area (Å²) in [5.74, 6) is -0.868. The highest BCUT2D eigenvalue weighted by atomic mass is 16.4. The molecule has 0 unspecified atom stereocenters. The fourth-order valence-corrected chi connectivity index (χ4v) is 2.53. The largest absolute Gasteiger partial charge is 0.478 e. The summed E-state index contributed by atoms with van der Waals surface area (Å²) in [7, 11) is 0. The number of carboxylic acid groups (broad SMARTS) is 1. The van der Waals surface area contributed by atoms with E-state index in [0.717, 1.165) is 40.7 Å². The van der Waals surface area contributed by atoms with Crippen LogP contribution in [0.1, 0.15) is 27.2 Å². The number of carbonyl (C=O) groups is 1. The lowest BCUT2D eigenvalue weighted by Crippen LogP contribution is -2.27. The maximum Gasteiger partial charge on any atom is 0.336 e. The van der Waals surface area contributed by atoms with Crippen molar-refractivity contribution in [3.8, 4) is 0 Å². The number of aromatic nitrogens is 1. The Hall–Kier alpha value is -1.94. The zero-order chi connectivity index (χ0) is 12.7. The van der Waals surface area contributed by atoms with Gasteiger partial charge in [-0.2, -0.15) is 0 Å².